The van der Waals surface area contributed by atoms with Gasteiger partial charge in [0.2, 0.25) is 0 Å². The van der Waals surface area contributed by atoms with E-state index in [0.717, 1.165) is 0 Å². The van der Waals surface area contributed by atoms with Crippen LogP contribution < -0.4 is 5.63 Å². The monoisotopic (exact) mass is 303 g/mol. The second kappa shape index (κ2) is 6.21. The Morgan fingerprint density at radius 1 is 1.32 bits per heavy atom. The summed E-state index contributed by atoms with van der Waals surface area (Å²) >= 11 is 0. The van der Waals surface area contributed by atoms with E-state index in [1.807, 2.05) is 0 Å². The van der Waals surface area contributed by atoms with E-state index < -0.39 is 16.5 Å². The third kappa shape index (κ3) is 3.03. The fourth-order valence-corrected chi connectivity index (χ4v) is 1.93. The maximum Gasteiger partial charge on any atom is 0.343 e. The number of nitro groups is 1. The Bertz CT molecular complexity index is 776. The van der Waals surface area contributed by atoms with Crippen molar-refractivity contribution in [3.63, 3.8) is 0 Å². The van der Waals surface area contributed by atoms with Gasteiger partial charge in [0.1, 0.15) is 5.76 Å². The highest BCUT2D eigenvalue weighted by Gasteiger charge is 2.17. The number of aryl methyl sites for hydroxylation is 1. The molecule has 1 aromatic carbocycles. The number of nitrogens with zero attached hydrogens (tertiary/aromatic N) is 1. The van der Waals surface area contributed by atoms with Gasteiger partial charge in [-0.05, 0) is 37.6 Å². The molecule has 0 unspecified atom stereocenters. The molecule has 0 spiro atoms. The molecule has 0 saturated carbocycles. The van der Waals surface area contributed by atoms with Crippen molar-refractivity contribution >= 4 is 11.7 Å². The third-order valence-electron chi connectivity index (χ3n) is 3.02. The lowest BCUT2D eigenvalue weighted by molar-refractivity contribution is -0.384. The highest BCUT2D eigenvalue weighted by molar-refractivity contribution is 5.91. The second-order valence-corrected chi connectivity index (χ2v) is 4.44. The van der Waals surface area contributed by atoms with E-state index in [-0.39, 0.29) is 29.2 Å². The van der Waals surface area contributed by atoms with Crippen molar-refractivity contribution < 1.29 is 18.9 Å². The number of nitro benzene ring substituents is 1. The molecule has 2 aromatic rings. The number of carbonyl (C=O) groups excluding carboxylic acids is 1. The van der Waals surface area contributed by atoms with Crippen LogP contribution >= 0.6 is 0 Å². The van der Waals surface area contributed by atoms with Gasteiger partial charge in [-0.25, -0.2) is 9.59 Å². The number of rotatable bonds is 4. The minimum Gasteiger partial charge on any atom is -0.462 e. The van der Waals surface area contributed by atoms with Gasteiger partial charge in [0.05, 0.1) is 22.7 Å². The Hall–Kier alpha value is -2.96. The molecular formula is C15H13NO6. The average molecular weight is 303 g/mol. The van der Waals surface area contributed by atoms with Gasteiger partial charge in [0.15, 0.2) is 0 Å². The van der Waals surface area contributed by atoms with E-state index in [9.17, 15) is 19.7 Å². The zero-order valence-corrected chi connectivity index (χ0v) is 12.0. The highest BCUT2D eigenvalue weighted by atomic mass is 16.6. The first kappa shape index (κ1) is 15.4. The van der Waals surface area contributed by atoms with Crippen LogP contribution in [0.2, 0.25) is 0 Å². The molecule has 0 atom stereocenters. The minimum atomic E-state index is -0.626. The van der Waals surface area contributed by atoms with Gasteiger partial charge in [-0.15, -0.1) is 0 Å². The lowest BCUT2D eigenvalue weighted by Crippen LogP contribution is -2.12. The number of hydrogen-bond donors (Lipinski definition) is 0. The highest BCUT2D eigenvalue weighted by Crippen LogP contribution is 2.22. The molecule has 1 aromatic heterocycles. The van der Waals surface area contributed by atoms with Gasteiger partial charge >= 0.3 is 11.6 Å². The lowest BCUT2D eigenvalue weighted by Gasteiger charge is -2.06. The molecule has 0 bridgehead atoms. The molecule has 22 heavy (non-hydrogen) atoms. The van der Waals surface area contributed by atoms with Crippen molar-refractivity contribution in [3.05, 3.63) is 62.2 Å². The maximum atomic E-state index is 11.9. The van der Waals surface area contributed by atoms with Crippen LogP contribution in [-0.4, -0.2) is 17.5 Å². The zero-order chi connectivity index (χ0) is 16.3. The molecule has 0 fully saturated rings. The van der Waals surface area contributed by atoms with Gasteiger partial charge in [0.25, 0.3) is 5.69 Å². The number of carbonyl (C=O) groups is 1. The number of ether oxygens (including phenoxy) is 1. The topological polar surface area (TPSA) is 99.6 Å². The molecule has 114 valence electrons. The Labute approximate surface area is 125 Å². The predicted octanol–water partition coefficient (Wildman–Crippen LogP) is 2.70. The predicted molar refractivity (Wildman–Crippen MR) is 77.8 cm³/mol. The van der Waals surface area contributed by atoms with Crippen LogP contribution in [0.3, 0.4) is 0 Å². The number of non-ortho nitro benzene ring substituents is 1. The van der Waals surface area contributed by atoms with Crippen molar-refractivity contribution in [3.8, 4) is 11.1 Å². The van der Waals surface area contributed by atoms with Crippen LogP contribution in [0.5, 0.6) is 0 Å². The van der Waals surface area contributed by atoms with Gasteiger partial charge in [0, 0.05) is 12.1 Å². The Balaban J connectivity index is 2.50. The molecule has 7 heteroatoms. The third-order valence-corrected chi connectivity index (χ3v) is 3.02. The standard InChI is InChI=1S/C15H13NO6/c1-3-21-14(17)12-8-13(15(18)22-9(12)2)10-4-6-11(7-5-10)16(19)20/h4-8H,3H2,1-2H3. The molecule has 0 radical (unpaired) electrons. The molecule has 0 N–H and O–H groups in total. The largest absolute Gasteiger partial charge is 0.462 e. The molecule has 1 heterocycles. The van der Waals surface area contributed by atoms with E-state index >= 15 is 0 Å². The zero-order valence-electron chi connectivity index (χ0n) is 12.0. The van der Waals surface area contributed by atoms with E-state index in [1.165, 1.54) is 37.3 Å². The summed E-state index contributed by atoms with van der Waals surface area (Å²) < 4.78 is 9.95. The molecular weight excluding hydrogens is 290 g/mol. The number of esters is 1. The van der Waals surface area contributed by atoms with Gasteiger partial charge in [-0.2, -0.15) is 0 Å². The molecule has 0 aliphatic carbocycles. The first-order valence-corrected chi connectivity index (χ1v) is 6.50. The van der Waals surface area contributed by atoms with Crippen LogP contribution in [0, 0.1) is 17.0 Å². The molecule has 0 amide bonds. The average Bonchev–Trinajstić information content (AvgIpc) is 2.47. The fourth-order valence-electron chi connectivity index (χ4n) is 1.93. The van der Waals surface area contributed by atoms with Crippen molar-refractivity contribution in [1.29, 1.82) is 0 Å². The van der Waals surface area contributed by atoms with E-state index in [4.69, 9.17) is 9.15 Å². The van der Waals surface area contributed by atoms with Crippen LogP contribution in [0.15, 0.2) is 39.5 Å². The SMILES string of the molecule is CCOC(=O)c1cc(-c2ccc([N+](=O)[O-])cc2)c(=O)oc1C. The van der Waals surface area contributed by atoms with E-state index in [2.05, 4.69) is 0 Å². The van der Waals surface area contributed by atoms with Gasteiger partial charge in [-0.1, -0.05) is 0 Å². The molecule has 0 aliphatic heterocycles. The Morgan fingerprint density at radius 3 is 2.50 bits per heavy atom. The number of benzene rings is 1. The van der Waals surface area contributed by atoms with Crippen molar-refractivity contribution in [1.82, 2.24) is 0 Å². The summed E-state index contributed by atoms with van der Waals surface area (Å²) in [6.45, 7) is 3.36. The maximum absolute atomic E-state index is 11.9. The minimum absolute atomic E-state index is 0.0918. The molecule has 0 aliphatic rings. The summed E-state index contributed by atoms with van der Waals surface area (Å²) in [6, 6.07) is 6.78. The number of hydrogen-bond acceptors (Lipinski definition) is 6. The first-order valence-electron chi connectivity index (χ1n) is 6.50. The summed E-state index contributed by atoms with van der Waals surface area (Å²) in [5, 5.41) is 10.6. The van der Waals surface area contributed by atoms with Crippen molar-refractivity contribution in [2.24, 2.45) is 0 Å². The quantitative estimate of drug-likeness (QED) is 0.489. The summed E-state index contributed by atoms with van der Waals surface area (Å²) in [6.07, 6.45) is 0. The van der Waals surface area contributed by atoms with Crippen LogP contribution in [0.4, 0.5) is 5.69 Å². The van der Waals surface area contributed by atoms with Crippen molar-refractivity contribution in [2.45, 2.75) is 13.8 Å². The molecule has 0 saturated heterocycles. The summed E-state index contributed by atoms with van der Waals surface area (Å²) in [4.78, 5) is 33.9. The van der Waals surface area contributed by atoms with Crippen LogP contribution in [-0.2, 0) is 4.74 Å². The van der Waals surface area contributed by atoms with Gasteiger partial charge < -0.3 is 9.15 Å². The van der Waals surface area contributed by atoms with Crippen LogP contribution in [0.25, 0.3) is 11.1 Å². The summed E-state index contributed by atoms with van der Waals surface area (Å²) in [5.41, 5.74) is -0.00600. The fraction of sp³-hybridized carbons (Fsp3) is 0.200. The van der Waals surface area contributed by atoms with E-state index in [1.54, 1.807) is 6.92 Å². The first-order chi connectivity index (χ1) is 10.4. The van der Waals surface area contributed by atoms with E-state index in [0.29, 0.717) is 5.56 Å². The molecule has 7 nitrogen and oxygen atoms in total. The normalized spacial score (nSPS) is 10.3. The smallest absolute Gasteiger partial charge is 0.343 e. The summed E-state index contributed by atoms with van der Waals surface area (Å²) in [7, 11) is 0. The van der Waals surface area contributed by atoms with Crippen LogP contribution in [0.1, 0.15) is 23.0 Å². The Kier molecular flexibility index (Phi) is 4.36. The second-order valence-electron chi connectivity index (χ2n) is 4.44. The summed E-state index contributed by atoms with van der Waals surface area (Å²) in [5.74, 6) is -0.430. The van der Waals surface area contributed by atoms with Gasteiger partial charge in [-0.3, -0.25) is 10.1 Å². The lowest BCUT2D eigenvalue weighted by atomic mass is 10.0. The Morgan fingerprint density at radius 2 is 1.95 bits per heavy atom. The molecule has 2 rings (SSSR count). The van der Waals surface area contributed by atoms with Crippen molar-refractivity contribution in [2.75, 3.05) is 6.61 Å².